The molecule has 0 saturated heterocycles. The van der Waals surface area contributed by atoms with Gasteiger partial charge >= 0.3 is 0 Å². The molecule has 1 aromatic rings. The molecule has 0 bridgehead atoms. The summed E-state index contributed by atoms with van der Waals surface area (Å²) in [5.41, 5.74) is 1.63. The first-order valence-corrected chi connectivity index (χ1v) is 5.16. The Morgan fingerprint density at radius 3 is 2.56 bits per heavy atom. The number of Topliss-reactive ketones (excluding diaryl/α,β-unsaturated/α-hetero) is 1. The normalized spacial score (nSPS) is 13.2. The highest BCUT2D eigenvalue weighted by molar-refractivity contribution is 5.99. The fourth-order valence-electron chi connectivity index (χ4n) is 1.72. The third-order valence-electron chi connectivity index (χ3n) is 2.48. The molecule has 0 fully saturated rings. The number of nitrogens with zero attached hydrogens (tertiary/aromatic N) is 1. The van der Waals surface area contributed by atoms with Crippen molar-refractivity contribution in [2.75, 3.05) is 27.4 Å². The van der Waals surface area contributed by atoms with Crippen molar-refractivity contribution in [3.63, 3.8) is 0 Å². The summed E-state index contributed by atoms with van der Waals surface area (Å²) in [7, 11) is 3.75. The molecule has 0 radical (unpaired) electrons. The lowest BCUT2D eigenvalue weighted by Gasteiger charge is -2.10. The van der Waals surface area contributed by atoms with E-state index in [0.717, 1.165) is 11.3 Å². The van der Waals surface area contributed by atoms with E-state index in [1.807, 2.05) is 32.0 Å². The van der Waals surface area contributed by atoms with Gasteiger partial charge in [-0.1, -0.05) is 0 Å². The second-order valence-corrected chi connectivity index (χ2v) is 4.18. The van der Waals surface area contributed by atoms with Crippen molar-refractivity contribution in [2.45, 2.75) is 6.92 Å². The molecule has 1 heterocycles. The van der Waals surface area contributed by atoms with Crippen LogP contribution in [0.5, 0.6) is 11.5 Å². The summed E-state index contributed by atoms with van der Waals surface area (Å²) in [5, 5.41) is 0. The highest BCUT2D eigenvalue weighted by atomic mass is 16.7. The Balaban J connectivity index is 2.31. The van der Waals surface area contributed by atoms with Gasteiger partial charge in [-0.3, -0.25) is 4.79 Å². The highest BCUT2D eigenvalue weighted by Crippen LogP contribution is 2.34. The zero-order chi connectivity index (χ0) is 11.7. The molecule has 0 saturated carbocycles. The number of likely N-dealkylation sites (N-methyl/N-ethyl adjacent to an activating group) is 1. The van der Waals surface area contributed by atoms with Gasteiger partial charge in [0.15, 0.2) is 17.3 Å². The van der Waals surface area contributed by atoms with Gasteiger partial charge in [-0.15, -0.1) is 0 Å². The number of rotatable bonds is 3. The second kappa shape index (κ2) is 4.14. The Kier molecular flexibility index (Phi) is 2.83. The van der Waals surface area contributed by atoms with Gasteiger partial charge in [0.1, 0.15) is 0 Å². The van der Waals surface area contributed by atoms with Crippen LogP contribution >= 0.6 is 0 Å². The van der Waals surface area contributed by atoms with Crippen molar-refractivity contribution in [2.24, 2.45) is 0 Å². The number of carbonyl (C=O) groups is 1. The number of fused-ring (bicyclic) bond motifs is 1. The van der Waals surface area contributed by atoms with Gasteiger partial charge in [0.2, 0.25) is 6.79 Å². The molecule has 0 aliphatic carbocycles. The van der Waals surface area contributed by atoms with Gasteiger partial charge in [0.05, 0.1) is 6.54 Å². The van der Waals surface area contributed by atoms with Crippen molar-refractivity contribution in [1.29, 1.82) is 0 Å². The first-order valence-electron chi connectivity index (χ1n) is 5.16. The standard InChI is InChI=1S/C12H15NO3/c1-8-4-11-12(16-7-15-11)5-9(8)10(14)6-13(2)3/h4-5H,6-7H2,1-3H3. The largest absolute Gasteiger partial charge is 0.454 e. The predicted octanol–water partition coefficient (Wildman–Crippen LogP) is 1.47. The molecule has 86 valence electrons. The highest BCUT2D eigenvalue weighted by Gasteiger charge is 2.19. The minimum atomic E-state index is 0.0980. The quantitative estimate of drug-likeness (QED) is 0.724. The van der Waals surface area contributed by atoms with E-state index in [9.17, 15) is 4.79 Å². The summed E-state index contributed by atoms with van der Waals surface area (Å²) in [6, 6.07) is 3.62. The fraction of sp³-hybridized carbons (Fsp3) is 0.417. The zero-order valence-corrected chi connectivity index (χ0v) is 9.74. The summed E-state index contributed by atoms with van der Waals surface area (Å²) >= 11 is 0. The molecule has 0 atom stereocenters. The van der Waals surface area contributed by atoms with Crippen molar-refractivity contribution >= 4 is 5.78 Å². The molecule has 16 heavy (non-hydrogen) atoms. The molecule has 1 aliphatic rings. The minimum absolute atomic E-state index is 0.0980. The molecule has 4 nitrogen and oxygen atoms in total. The first kappa shape index (κ1) is 11.0. The van der Waals surface area contributed by atoms with Gasteiger partial charge < -0.3 is 14.4 Å². The summed E-state index contributed by atoms with van der Waals surface area (Å²) in [6.45, 7) is 2.55. The summed E-state index contributed by atoms with van der Waals surface area (Å²) in [5.74, 6) is 1.48. The first-order chi connectivity index (χ1) is 7.58. The Morgan fingerprint density at radius 2 is 1.94 bits per heavy atom. The van der Waals surface area contributed by atoms with E-state index in [-0.39, 0.29) is 12.6 Å². The predicted molar refractivity (Wildman–Crippen MR) is 60.2 cm³/mol. The maximum absolute atomic E-state index is 11.9. The number of ether oxygens (including phenoxy) is 2. The summed E-state index contributed by atoms with van der Waals surface area (Å²) < 4.78 is 10.5. The van der Waals surface area contributed by atoms with Crippen LogP contribution in [0.4, 0.5) is 0 Å². The number of hydrogen-bond donors (Lipinski definition) is 0. The number of benzene rings is 1. The van der Waals surface area contributed by atoms with Gasteiger partial charge in [-0.25, -0.2) is 0 Å². The third kappa shape index (κ3) is 2.02. The second-order valence-electron chi connectivity index (χ2n) is 4.18. The van der Waals surface area contributed by atoms with E-state index < -0.39 is 0 Å². The molecule has 0 aromatic heterocycles. The van der Waals surface area contributed by atoms with E-state index >= 15 is 0 Å². The molecule has 0 spiro atoms. The topological polar surface area (TPSA) is 38.8 Å². The molecule has 2 rings (SSSR count). The number of hydrogen-bond acceptors (Lipinski definition) is 4. The Morgan fingerprint density at radius 1 is 1.31 bits per heavy atom. The molecule has 1 aromatic carbocycles. The maximum Gasteiger partial charge on any atom is 0.231 e. The van der Waals surface area contributed by atoms with Crippen LogP contribution in [0.2, 0.25) is 0 Å². The van der Waals surface area contributed by atoms with Crippen LogP contribution < -0.4 is 9.47 Å². The molecule has 1 aliphatic heterocycles. The van der Waals surface area contributed by atoms with E-state index in [1.165, 1.54) is 0 Å². The van der Waals surface area contributed by atoms with Crippen LogP contribution in [0.15, 0.2) is 12.1 Å². The van der Waals surface area contributed by atoms with Gasteiger partial charge in [-0.05, 0) is 38.7 Å². The van der Waals surface area contributed by atoms with E-state index in [2.05, 4.69) is 0 Å². The zero-order valence-electron chi connectivity index (χ0n) is 9.74. The number of aryl methyl sites for hydroxylation is 1. The lowest BCUT2D eigenvalue weighted by molar-refractivity contribution is 0.0957. The SMILES string of the molecule is Cc1cc2c(cc1C(=O)CN(C)C)OCO2. The van der Waals surface area contributed by atoms with Gasteiger partial charge in [-0.2, -0.15) is 0 Å². The maximum atomic E-state index is 11.9. The summed E-state index contributed by atoms with van der Waals surface area (Å²) in [6.07, 6.45) is 0. The van der Waals surface area contributed by atoms with Crippen LogP contribution in [0.1, 0.15) is 15.9 Å². The van der Waals surface area contributed by atoms with Crippen molar-refractivity contribution in [1.82, 2.24) is 4.90 Å². The Bertz CT molecular complexity index is 427. The van der Waals surface area contributed by atoms with Gasteiger partial charge in [0.25, 0.3) is 0 Å². The van der Waals surface area contributed by atoms with Crippen molar-refractivity contribution in [3.05, 3.63) is 23.3 Å². The minimum Gasteiger partial charge on any atom is -0.454 e. The Labute approximate surface area is 94.8 Å². The van der Waals surface area contributed by atoms with Crippen LogP contribution in [0.3, 0.4) is 0 Å². The molecular weight excluding hydrogens is 206 g/mol. The molecular formula is C12H15NO3. The molecule has 4 heteroatoms. The summed E-state index contributed by atoms with van der Waals surface area (Å²) in [4.78, 5) is 13.8. The van der Waals surface area contributed by atoms with Crippen LogP contribution in [-0.4, -0.2) is 38.1 Å². The van der Waals surface area contributed by atoms with Crippen LogP contribution in [0.25, 0.3) is 0 Å². The third-order valence-corrected chi connectivity index (χ3v) is 2.48. The van der Waals surface area contributed by atoms with Crippen LogP contribution in [0, 0.1) is 6.92 Å². The van der Waals surface area contributed by atoms with Gasteiger partial charge in [0, 0.05) is 5.56 Å². The molecule has 0 amide bonds. The smallest absolute Gasteiger partial charge is 0.231 e. The molecule has 0 N–H and O–H groups in total. The molecule has 0 unspecified atom stereocenters. The lowest BCUT2D eigenvalue weighted by Crippen LogP contribution is -2.22. The average Bonchev–Trinajstić information content (AvgIpc) is 2.61. The van der Waals surface area contributed by atoms with E-state index in [4.69, 9.17) is 9.47 Å². The fourth-order valence-corrected chi connectivity index (χ4v) is 1.72. The van der Waals surface area contributed by atoms with E-state index in [0.29, 0.717) is 17.9 Å². The Hall–Kier alpha value is -1.55. The van der Waals surface area contributed by atoms with Crippen LogP contribution in [-0.2, 0) is 0 Å². The van der Waals surface area contributed by atoms with Crippen molar-refractivity contribution in [3.8, 4) is 11.5 Å². The van der Waals surface area contributed by atoms with Crippen molar-refractivity contribution < 1.29 is 14.3 Å². The lowest BCUT2D eigenvalue weighted by atomic mass is 10.0. The van der Waals surface area contributed by atoms with E-state index in [1.54, 1.807) is 6.07 Å². The average molecular weight is 221 g/mol. The number of carbonyl (C=O) groups excluding carboxylic acids is 1. The number of ketones is 1. The monoisotopic (exact) mass is 221 g/mol.